The minimum atomic E-state index is -0.531. The summed E-state index contributed by atoms with van der Waals surface area (Å²) in [6, 6.07) is 7.74. The molecule has 2 rings (SSSR count). The predicted molar refractivity (Wildman–Crippen MR) is 88.5 cm³/mol. The van der Waals surface area contributed by atoms with Gasteiger partial charge in [-0.15, -0.1) is 0 Å². The third-order valence-electron chi connectivity index (χ3n) is 4.48. The summed E-state index contributed by atoms with van der Waals surface area (Å²) in [5, 5.41) is 6.16. The molecule has 2 amide bonds. The zero-order valence-corrected chi connectivity index (χ0v) is 13.3. The topological polar surface area (TPSA) is 67.2 Å². The van der Waals surface area contributed by atoms with Crippen molar-refractivity contribution in [3.05, 3.63) is 24.3 Å². The van der Waals surface area contributed by atoms with Crippen LogP contribution in [0.25, 0.3) is 0 Å². The van der Waals surface area contributed by atoms with Gasteiger partial charge in [0, 0.05) is 17.4 Å². The molecule has 0 unspecified atom stereocenters. The Morgan fingerprint density at radius 1 is 1.05 bits per heavy atom. The van der Waals surface area contributed by atoms with E-state index >= 15 is 0 Å². The van der Waals surface area contributed by atoms with Crippen LogP contribution < -0.4 is 16.4 Å². The van der Waals surface area contributed by atoms with Crippen LogP contribution in [0.4, 0.5) is 16.2 Å². The van der Waals surface area contributed by atoms with Crippen LogP contribution in [-0.4, -0.2) is 12.1 Å². The summed E-state index contributed by atoms with van der Waals surface area (Å²) in [7, 11) is 0. The second-order valence-electron chi connectivity index (χ2n) is 7.13. The van der Waals surface area contributed by atoms with E-state index < -0.39 is 6.03 Å². The number of hydrogen-bond acceptors (Lipinski definition) is 2. The van der Waals surface area contributed by atoms with E-state index in [1.54, 1.807) is 0 Å². The van der Waals surface area contributed by atoms with E-state index in [-0.39, 0.29) is 0 Å². The van der Waals surface area contributed by atoms with Gasteiger partial charge in [0.1, 0.15) is 0 Å². The standard InChI is InChI=1S/C17H27N3O/c1-17(2,3)12-4-6-13(7-5-12)19-14-8-10-15(11-9-14)20-16(18)21/h8-13,19H,4-7H2,1-3H3,(H3,18,20,21). The fourth-order valence-corrected chi connectivity index (χ4v) is 3.13. The van der Waals surface area contributed by atoms with Crippen molar-refractivity contribution < 1.29 is 4.79 Å². The first-order valence-electron chi connectivity index (χ1n) is 7.77. The van der Waals surface area contributed by atoms with Gasteiger partial charge in [0.05, 0.1) is 0 Å². The maximum absolute atomic E-state index is 10.8. The van der Waals surface area contributed by atoms with Crippen LogP contribution in [-0.2, 0) is 0 Å². The lowest BCUT2D eigenvalue weighted by molar-refractivity contribution is 0.173. The van der Waals surface area contributed by atoms with Gasteiger partial charge in [0.25, 0.3) is 0 Å². The van der Waals surface area contributed by atoms with Gasteiger partial charge < -0.3 is 16.4 Å². The first kappa shape index (κ1) is 15.7. The number of hydrogen-bond donors (Lipinski definition) is 3. The maximum atomic E-state index is 10.8. The predicted octanol–water partition coefficient (Wildman–Crippen LogP) is 4.19. The molecule has 0 aliphatic heterocycles. The highest BCUT2D eigenvalue weighted by atomic mass is 16.2. The summed E-state index contributed by atoms with van der Waals surface area (Å²) in [6.45, 7) is 7.03. The smallest absolute Gasteiger partial charge is 0.316 e. The fourth-order valence-electron chi connectivity index (χ4n) is 3.13. The van der Waals surface area contributed by atoms with Gasteiger partial charge in [-0.3, -0.25) is 0 Å². The molecule has 1 fully saturated rings. The van der Waals surface area contributed by atoms with Gasteiger partial charge in [-0.05, 0) is 61.3 Å². The average molecular weight is 289 g/mol. The third kappa shape index (κ3) is 4.66. The van der Waals surface area contributed by atoms with Crippen molar-refractivity contribution in [2.75, 3.05) is 10.6 Å². The highest BCUT2D eigenvalue weighted by molar-refractivity contribution is 5.87. The zero-order valence-electron chi connectivity index (χ0n) is 13.3. The molecule has 1 aromatic rings. The quantitative estimate of drug-likeness (QED) is 0.781. The van der Waals surface area contributed by atoms with Crippen LogP contribution in [0.5, 0.6) is 0 Å². The van der Waals surface area contributed by atoms with Crippen molar-refractivity contribution in [2.24, 2.45) is 17.1 Å². The maximum Gasteiger partial charge on any atom is 0.316 e. The lowest BCUT2D eigenvalue weighted by Crippen LogP contribution is -2.31. The van der Waals surface area contributed by atoms with E-state index in [1.807, 2.05) is 24.3 Å². The number of nitrogens with two attached hydrogens (primary N) is 1. The summed E-state index contributed by atoms with van der Waals surface area (Å²) < 4.78 is 0. The number of anilines is 2. The molecule has 1 aromatic carbocycles. The van der Waals surface area contributed by atoms with Gasteiger partial charge in [0.2, 0.25) is 0 Å². The number of primary amides is 1. The Morgan fingerprint density at radius 3 is 2.05 bits per heavy atom. The van der Waals surface area contributed by atoms with E-state index in [2.05, 4.69) is 31.4 Å². The summed E-state index contributed by atoms with van der Waals surface area (Å²) in [6.07, 6.45) is 5.04. The van der Waals surface area contributed by atoms with E-state index in [9.17, 15) is 4.79 Å². The monoisotopic (exact) mass is 289 g/mol. The van der Waals surface area contributed by atoms with Crippen LogP contribution in [0.1, 0.15) is 46.5 Å². The third-order valence-corrected chi connectivity index (χ3v) is 4.48. The van der Waals surface area contributed by atoms with Gasteiger partial charge in [-0.25, -0.2) is 4.79 Å². The van der Waals surface area contributed by atoms with Crippen LogP contribution >= 0.6 is 0 Å². The van der Waals surface area contributed by atoms with Crippen molar-refractivity contribution in [3.63, 3.8) is 0 Å². The second kappa shape index (κ2) is 6.37. The molecule has 21 heavy (non-hydrogen) atoms. The van der Waals surface area contributed by atoms with Gasteiger partial charge in [0.15, 0.2) is 0 Å². The molecule has 0 saturated heterocycles. The Kier molecular flexibility index (Phi) is 4.76. The highest BCUT2D eigenvalue weighted by Gasteiger charge is 2.29. The van der Waals surface area contributed by atoms with Crippen molar-refractivity contribution in [1.29, 1.82) is 0 Å². The summed E-state index contributed by atoms with van der Waals surface area (Å²) in [5.74, 6) is 0.831. The molecule has 116 valence electrons. The molecule has 0 radical (unpaired) electrons. The van der Waals surface area contributed by atoms with Gasteiger partial charge >= 0.3 is 6.03 Å². The number of amides is 2. The number of benzene rings is 1. The van der Waals surface area contributed by atoms with Crippen LogP contribution in [0.3, 0.4) is 0 Å². The largest absolute Gasteiger partial charge is 0.382 e. The number of nitrogens with one attached hydrogen (secondary N) is 2. The first-order chi connectivity index (χ1) is 9.84. The molecular formula is C17H27N3O. The minimum absolute atomic E-state index is 0.424. The van der Waals surface area contributed by atoms with Crippen molar-refractivity contribution in [2.45, 2.75) is 52.5 Å². The normalized spacial score (nSPS) is 22.6. The lowest BCUT2D eigenvalue weighted by atomic mass is 9.71. The zero-order chi connectivity index (χ0) is 15.5. The molecule has 1 aliphatic rings. The Morgan fingerprint density at radius 2 is 1.57 bits per heavy atom. The molecule has 0 spiro atoms. The molecule has 0 heterocycles. The van der Waals surface area contributed by atoms with Crippen molar-refractivity contribution in [3.8, 4) is 0 Å². The molecule has 4 N–H and O–H groups in total. The summed E-state index contributed by atoms with van der Waals surface area (Å²) in [5.41, 5.74) is 7.35. The van der Waals surface area contributed by atoms with E-state index in [0.29, 0.717) is 11.5 Å². The molecule has 4 heteroatoms. The number of carbonyl (C=O) groups excluding carboxylic acids is 1. The molecule has 0 atom stereocenters. The van der Waals surface area contributed by atoms with Gasteiger partial charge in [-0.1, -0.05) is 20.8 Å². The Labute approximate surface area is 127 Å². The SMILES string of the molecule is CC(C)(C)C1CCC(Nc2ccc(NC(N)=O)cc2)CC1. The average Bonchev–Trinajstić information content (AvgIpc) is 2.40. The number of urea groups is 1. The minimum Gasteiger partial charge on any atom is -0.382 e. The molecule has 1 saturated carbocycles. The Balaban J connectivity index is 1.85. The molecule has 1 aliphatic carbocycles. The first-order valence-corrected chi connectivity index (χ1v) is 7.77. The number of rotatable bonds is 3. The second-order valence-corrected chi connectivity index (χ2v) is 7.13. The van der Waals surface area contributed by atoms with Crippen molar-refractivity contribution in [1.82, 2.24) is 0 Å². The fraction of sp³-hybridized carbons (Fsp3) is 0.588. The van der Waals surface area contributed by atoms with Crippen LogP contribution in [0.2, 0.25) is 0 Å². The highest BCUT2D eigenvalue weighted by Crippen LogP contribution is 2.38. The van der Waals surface area contributed by atoms with Crippen molar-refractivity contribution >= 4 is 17.4 Å². The molecule has 0 bridgehead atoms. The Hall–Kier alpha value is -1.71. The van der Waals surface area contributed by atoms with E-state index in [1.165, 1.54) is 25.7 Å². The number of carbonyl (C=O) groups is 1. The molecule has 0 aromatic heterocycles. The summed E-state index contributed by atoms with van der Waals surface area (Å²) >= 11 is 0. The van der Waals surface area contributed by atoms with E-state index in [4.69, 9.17) is 5.73 Å². The molecule has 4 nitrogen and oxygen atoms in total. The van der Waals surface area contributed by atoms with Crippen LogP contribution in [0.15, 0.2) is 24.3 Å². The molecular weight excluding hydrogens is 262 g/mol. The Bertz CT molecular complexity index is 468. The summed E-state index contributed by atoms with van der Waals surface area (Å²) in [4.78, 5) is 10.8. The van der Waals surface area contributed by atoms with Crippen LogP contribution in [0, 0.1) is 11.3 Å². The van der Waals surface area contributed by atoms with Gasteiger partial charge in [-0.2, -0.15) is 0 Å². The van der Waals surface area contributed by atoms with E-state index in [0.717, 1.165) is 17.3 Å². The lowest BCUT2D eigenvalue weighted by Gasteiger charge is -2.37.